The van der Waals surface area contributed by atoms with Gasteiger partial charge >= 0.3 is 0 Å². The monoisotopic (exact) mass is 203 g/mol. The number of hydrogen-bond donors (Lipinski definition) is 1. The summed E-state index contributed by atoms with van der Waals surface area (Å²) in [6, 6.07) is 0.360. The second kappa shape index (κ2) is 4.16. The lowest BCUT2D eigenvalue weighted by Gasteiger charge is -2.10. The molecule has 0 saturated carbocycles. The minimum atomic E-state index is 0.360. The molecular formula is C10H13N5. The molecular weight excluding hydrogens is 190 g/mol. The van der Waals surface area contributed by atoms with Crippen LogP contribution in [0.15, 0.2) is 18.6 Å². The van der Waals surface area contributed by atoms with E-state index in [1.807, 2.05) is 0 Å². The number of nitrogens with zero attached hydrogens (tertiary/aromatic N) is 4. The lowest BCUT2D eigenvalue weighted by atomic mass is 10.3. The predicted octanol–water partition coefficient (Wildman–Crippen LogP) is 1.63. The molecule has 5 nitrogen and oxygen atoms in total. The molecule has 2 heterocycles. The second-order valence-electron chi connectivity index (χ2n) is 3.41. The SMILES string of the molecule is CCC(C)Nc1ncc2nccnc2n1. The van der Waals surface area contributed by atoms with Gasteiger partial charge in [0.15, 0.2) is 5.65 Å². The van der Waals surface area contributed by atoms with Crippen LogP contribution in [-0.2, 0) is 0 Å². The van der Waals surface area contributed by atoms with Crippen molar-refractivity contribution in [2.45, 2.75) is 26.3 Å². The van der Waals surface area contributed by atoms with Crippen LogP contribution in [0.5, 0.6) is 0 Å². The largest absolute Gasteiger partial charge is 0.352 e. The normalized spacial score (nSPS) is 12.7. The van der Waals surface area contributed by atoms with Gasteiger partial charge in [-0.3, -0.25) is 0 Å². The molecule has 0 amide bonds. The number of rotatable bonds is 3. The molecule has 0 aromatic carbocycles. The van der Waals surface area contributed by atoms with Crippen molar-refractivity contribution in [3.05, 3.63) is 18.6 Å². The summed E-state index contributed by atoms with van der Waals surface area (Å²) in [4.78, 5) is 16.7. The summed E-state index contributed by atoms with van der Waals surface area (Å²) in [6.45, 7) is 4.20. The lowest BCUT2D eigenvalue weighted by molar-refractivity contribution is 0.753. The molecule has 2 aromatic rings. The van der Waals surface area contributed by atoms with E-state index in [1.54, 1.807) is 18.6 Å². The number of aromatic nitrogens is 4. The second-order valence-corrected chi connectivity index (χ2v) is 3.41. The predicted molar refractivity (Wildman–Crippen MR) is 58.5 cm³/mol. The first-order chi connectivity index (χ1) is 7.29. The highest BCUT2D eigenvalue weighted by molar-refractivity contribution is 5.68. The third kappa shape index (κ3) is 2.18. The smallest absolute Gasteiger partial charge is 0.225 e. The minimum absolute atomic E-state index is 0.360. The first-order valence-electron chi connectivity index (χ1n) is 5.00. The highest BCUT2D eigenvalue weighted by Crippen LogP contribution is 2.07. The molecule has 0 aliphatic carbocycles. The molecule has 5 heteroatoms. The highest BCUT2D eigenvalue weighted by Gasteiger charge is 2.03. The number of fused-ring (bicyclic) bond motifs is 1. The Balaban J connectivity index is 2.30. The lowest BCUT2D eigenvalue weighted by Crippen LogP contribution is -2.15. The van der Waals surface area contributed by atoms with E-state index in [1.165, 1.54) is 0 Å². The van der Waals surface area contributed by atoms with Gasteiger partial charge in [-0.1, -0.05) is 6.92 Å². The fraction of sp³-hybridized carbons (Fsp3) is 0.400. The molecule has 0 fully saturated rings. The van der Waals surface area contributed by atoms with Gasteiger partial charge in [0, 0.05) is 18.4 Å². The van der Waals surface area contributed by atoms with Crippen LogP contribution in [-0.4, -0.2) is 26.0 Å². The van der Waals surface area contributed by atoms with Gasteiger partial charge in [0.1, 0.15) is 5.52 Å². The summed E-state index contributed by atoms with van der Waals surface area (Å²) < 4.78 is 0. The maximum absolute atomic E-state index is 4.27. The quantitative estimate of drug-likeness (QED) is 0.821. The van der Waals surface area contributed by atoms with E-state index in [2.05, 4.69) is 39.1 Å². The Morgan fingerprint density at radius 3 is 2.87 bits per heavy atom. The molecule has 2 rings (SSSR count). The first-order valence-corrected chi connectivity index (χ1v) is 5.00. The van der Waals surface area contributed by atoms with Crippen molar-refractivity contribution in [1.82, 2.24) is 19.9 Å². The maximum atomic E-state index is 4.27. The van der Waals surface area contributed by atoms with Gasteiger partial charge in [0.2, 0.25) is 5.95 Å². The summed E-state index contributed by atoms with van der Waals surface area (Å²) in [5.74, 6) is 0.609. The standard InChI is InChI=1S/C10H13N5/c1-3-7(2)14-10-13-6-8-9(15-10)12-5-4-11-8/h4-7H,3H2,1-2H3,(H,12,13,14,15). The van der Waals surface area contributed by atoms with Gasteiger partial charge in [-0.25, -0.2) is 15.0 Å². The number of anilines is 1. The topological polar surface area (TPSA) is 63.6 Å². The van der Waals surface area contributed by atoms with Crippen molar-refractivity contribution in [3.63, 3.8) is 0 Å². The van der Waals surface area contributed by atoms with Gasteiger partial charge in [0.25, 0.3) is 0 Å². The van der Waals surface area contributed by atoms with E-state index in [-0.39, 0.29) is 0 Å². The number of nitrogens with one attached hydrogen (secondary N) is 1. The summed E-state index contributed by atoms with van der Waals surface area (Å²) in [5.41, 5.74) is 1.34. The molecule has 0 saturated heterocycles. The third-order valence-electron chi connectivity index (χ3n) is 2.22. The molecule has 0 spiro atoms. The summed E-state index contributed by atoms with van der Waals surface area (Å²) in [7, 11) is 0. The fourth-order valence-electron chi connectivity index (χ4n) is 1.16. The van der Waals surface area contributed by atoms with Crippen LogP contribution in [0.2, 0.25) is 0 Å². The zero-order valence-corrected chi connectivity index (χ0v) is 8.81. The van der Waals surface area contributed by atoms with Gasteiger partial charge < -0.3 is 5.32 Å². The molecule has 0 radical (unpaired) electrons. The summed E-state index contributed by atoms with van der Waals surface area (Å²) in [5, 5.41) is 3.19. The van der Waals surface area contributed by atoms with Crippen LogP contribution >= 0.6 is 0 Å². The Morgan fingerprint density at radius 2 is 2.07 bits per heavy atom. The van der Waals surface area contributed by atoms with Crippen molar-refractivity contribution in [3.8, 4) is 0 Å². The summed E-state index contributed by atoms with van der Waals surface area (Å²) in [6.07, 6.45) is 5.97. The minimum Gasteiger partial charge on any atom is -0.352 e. The van der Waals surface area contributed by atoms with Crippen molar-refractivity contribution < 1.29 is 0 Å². The third-order valence-corrected chi connectivity index (χ3v) is 2.22. The number of hydrogen-bond acceptors (Lipinski definition) is 5. The molecule has 1 unspecified atom stereocenters. The van der Waals surface area contributed by atoms with E-state index in [4.69, 9.17) is 0 Å². The zero-order chi connectivity index (χ0) is 10.7. The zero-order valence-electron chi connectivity index (χ0n) is 8.81. The van der Waals surface area contributed by atoms with E-state index in [0.29, 0.717) is 23.2 Å². The average Bonchev–Trinajstić information content (AvgIpc) is 2.29. The Morgan fingerprint density at radius 1 is 1.27 bits per heavy atom. The average molecular weight is 203 g/mol. The molecule has 1 atom stereocenters. The Bertz CT molecular complexity index is 456. The van der Waals surface area contributed by atoms with Crippen LogP contribution in [0.1, 0.15) is 20.3 Å². The molecule has 0 aliphatic heterocycles. The van der Waals surface area contributed by atoms with Crippen molar-refractivity contribution >= 4 is 17.1 Å². The van der Waals surface area contributed by atoms with Crippen LogP contribution in [0.4, 0.5) is 5.95 Å². The van der Waals surface area contributed by atoms with E-state index < -0.39 is 0 Å². The van der Waals surface area contributed by atoms with E-state index in [9.17, 15) is 0 Å². The maximum Gasteiger partial charge on any atom is 0.225 e. The van der Waals surface area contributed by atoms with Gasteiger partial charge in [-0.2, -0.15) is 4.98 Å². The van der Waals surface area contributed by atoms with Gasteiger partial charge in [-0.15, -0.1) is 0 Å². The van der Waals surface area contributed by atoms with Crippen molar-refractivity contribution in [2.75, 3.05) is 5.32 Å². The molecule has 15 heavy (non-hydrogen) atoms. The van der Waals surface area contributed by atoms with Crippen LogP contribution < -0.4 is 5.32 Å². The molecule has 2 aromatic heterocycles. The Hall–Kier alpha value is -1.78. The van der Waals surface area contributed by atoms with Crippen molar-refractivity contribution in [2.24, 2.45) is 0 Å². The fourth-order valence-corrected chi connectivity index (χ4v) is 1.16. The van der Waals surface area contributed by atoms with E-state index in [0.717, 1.165) is 6.42 Å². The van der Waals surface area contributed by atoms with Gasteiger partial charge in [0.05, 0.1) is 6.20 Å². The Kier molecular flexibility index (Phi) is 2.71. The van der Waals surface area contributed by atoms with Crippen LogP contribution in [0.25, 0.3) is 11.2 Å². The van der Waals surface area contributed by atoms with Gasteiger partial charge in [-0.05, 0) is 13.3 Å². The van der Waals surface area contributed by atoms with E-state index >= 15 is 0 Å². The molecule has 0 bridgehead atoms. The van der Waals surface area contributed by atoms with Crippen LogP contribution in [0, 0.1) is 0 Å². The van der Waals surface area contributed by atoms with Crippen molar-refractivity contribution in [1.29, 1.82) is 0 Å². The summed E-state index contributed by atoms with van der Waals surface area (Å²) >= 11 is 0. The van der Waals surface area contributed by atoms with Crippen LogP contribution in [0.3, 0.4) is 0 Å². The molecule has 78 valence electrons. The molecule has 0 aliphatic rings. The first kappa shape index (κ1) is 9.76. The highest BCUT2D eigenvalue weighted by atomic mass is 15.1. The Labute approximate surface area is 88.0 Å². The molecule has 1 N–H and O–H groups in total.